The van der Waals surface area contributed by atoms with Crippen molar-refractivity contribution >= 4 is 17.5 Å². The summed E-state index contributed by atoms with van der Waals surface area (Å²) in [7, 11) is 0. The Bertz CT molecular complexity index is 652. The summed E-state index contributed by atoms with van der Waals surface area (Å²) in [5.74, 6) is 0.471. The monoisotopic (exact) mass is 312 g/mol. The van der Waals surface area contributed by atoms with Crippen molar-refractivity contribution in [3.63, 3.8) is 0 Å². The molecule has 3 heterocycles. The van der Waals surface area contributed by atoms with E-state index in [0.717, 1.165) is 31.5 Å². The number of carbonyl (C=O) groups is 2. The molecule has 0 aromatic carbocycles. The van der Waals surface area contributed by atoms with E-state index in [1.54, 1.807) is 17.3 Å². The van der Waals surface area contributed by atoms with Crippen LogP contribution in [0.1, 0.15) is 25.7 Å². The van der Waals surface area contributed by atoms with Gasteiger partial charge in [-0.25, -0.2) is 9.97 Å². The maximum absolute atomic E-state index is 12.6. The van der Waals surface area contributed by atoms with Crippen LogP contribution in [0.5, 0.6) is 0 Å². The number of anilines is 1. The molecule has 0 radical (unpaired) electrons. The van der Waals surface area contributed by atoms with Gasteiger partial charge in [-0.05, 0) is 19.3 Å². The standard InChI is InChI=1S/C17H20N4O2/c22-15-7-17(11-21(15)14-8-18-12-19-9-14)5-6-20(10-17)16(23)13-3-1-2-4-13/h1-2,8-9,12-13H,3-7,10-11H2. The van der Waals surface area contributed by atoms with Gasteiger partial charge in [0.05, 0.1) is 18.1 Å². The minimum absolute atomic E-state index is 0.103. The highest BCUT2D eigenvalue weighted by Gasteiger charge is 2.49. The average molecular weight is 312 g/mol. The molecular weight excluding hydrogens is 292 g/mol. The van der Waals surface area contributed by atoms with E-state index in [1.807, 2.05) is 4.90 Å². The molecule has 0 saturated carbocycles. The Balaban J connectivity index is 1.46. The topological polar surface area (TPSA) is 66.4 Å². The van der Waals surface area contributed by atoms with Crippen LogP contribution in [-0.4, -0.2) is 46.3 Å². The molecule has 0 N–H and O–H groups in total. The fraction of sp³-hybridized carbons (Fsp3) is 0.529. The first-order valence-corrected chi connectivity index (χ1v) is 8.16. The summed E-state index contributed by atoms with van der Waals surface area (Å²) in [5, 5.41) is 0. The first kappa shape index (κ1) is 14.4. The number of allylic oxidation sites excluding steroid dienone is 2. The van der Waals surface area contributed by atoms with Gasteiger partial charge >= 0.3 is 0 Å². The van der Waals surface area contributed by atoms with Crippen LogP contribution in [0, 0.1) is 11.3 Å². The van der Waals surface area contributed by atoms with Gasteiger partial charge in [0.1, 0.15) is 6.33 Å². The average Bonchev–Trinajstić information content (AvgIpc) is 3.29. The van der Waals surface area contributed by atoms with E-state index < -0.39 is 0 Å². The van der Waals surface area contributed by atoms with Crippen molar-refractivity contribution in [2.75, 3.05) is 24.5 Å². The van der Waals surface area contributed by atoms with Crippen LogP contribution in [0.2, 0.25) is 0 Å². The summed E-state index contributed by atoms with van der Waals surface area (Å²) in [4.78, 5) is 36.7. The first-order chi connectivity index (χ1) is 11.2. The zero-order chi connectivity index (χ0) is 15.9. The molecule has 1 spiro atoms. The van der Waals surface area contributed by atoms with E-state index in [1.165, 1.54) is 6.33 Å². The predicted octanol–water partition coefficient (Wildman–Crippen LogP) is 1.40. The number of aromatic nitrogens is 2. The second-order valence-electron chi connectivity index (χ2n) is 6.90. The molecule has 120 valence electrons. The van der Waals surface area contributed by atoms with Crippen molar-refractivity contribution < 1.29 is 9.59 Å². The van der Waals surface area contributed by atoms with Crippen LogP contribution in [0.4, 0.5) is 5.69 Å². The highest BCUT2D eigenvalue weighted by atomic mass is 16.2. The highest BCUT2D eigenvalue weighted by molar-refractivity contribution is 5.96. The number of amides is 2. The summed E-state index contributed by atoms with van der Waals surface area (Å²) in [6.07, 6.45) is 12.1. The Morgan fingerprint density at radius 1 is 1.17 bits per heavy atom. The van der Waals surface area contributed by atoms with E-state index in [0.29, 0.717) is 19.5 Å². The van der Waals surface area contributed by atoms with Gasteiger partial charge in [-0.15, -0.1) is 0 Å². The van der Waals surface area contributed by atoms with Gasteiger partial charge in [0.2, 0.25) is 11.8 Å². The largest absolute Gasteiger partial charge is 0.342 e. The summed E-state index contributed by atoms with van der Waals surface area (Å²) < 4.78 is 0. The van der Waals surface area contributed by atoms with Crippen molar-refractivity contribution in [1.82, 2.24) is 14.9 Å². The molecule has 2 fully saturated rings. The number of nitrogens with zero attached hydrogens (tertiary/aromatic N) is 4. The van der Waals surface area contributed by atoms with Crippen LogP contribution >= 0.6 is 0 Å². The highest BCUT2D eigenvalue weighted by Crippen LogP contribution is 2.42. The van der Waals surface area contributed by atoms with E-state index >= 15 is 0 Å². The molecule has 23 heavy (non-hydrogen) atoms. The third kappa shape index (κ3) is 2.52. The Kier molecular flexibility index (Phi) is 3.39. The van der Waals surface area contributed by atoms with Gasteiger partial charge < -0.3 is 9.80 Å². The molecule has 4 rings (SSSR count). The Hall–Kier alpha value is -2.24. The summed E-state index contributed by atoms with van der Waals surface area (Å²) in [5.41, 5.74) is 0.647. The fourth-order valence-corrected chi connectivity index (χ4v) is 4.04. The quantitative estimate of drug-likeness (QED) is 0.774. The molecule has 1 aromatic rings. The number of hydrogen-bond acceptors (Lipinski definition) is 4. The zero-order valence-corrected chi connectivity index (χ0v) is 13.0. The van der Waals surface area contributed by atoms with E-state index in [9.17, 15) is 9.59 Å². The molecule has 1 unspecified atom stereocenters. The van der Waals surface area contributed by atoms with Gasteiger partial charge in [0.25, 0.3) is 0 Å². The summed E-state index contributed by atoms with van der Waals surface area (Å²) in [6.45, 7) is 2.12. The molecule has 6 heteroatoms. The van der Waals surface area contributed by atoms with Crippen molar-refractivity contribution in [3.8, 4) is 0 Å². The molecule has 1 aliphatic carbocycles. The lowest BCUT2D eigenvalue weighted by Crippen LogP contribution is -2.37. The van der Waals surface area contributed by atoms with Gasteiger partial charge in [-0.1, -0.05) is 12.2 Å². The van der Waals surface area contributed by atoms with Gasteiger partial charge in [0, 0.05) is 37.4 Å². The smallest absolute Gasteiger partial charge is 0.227 e. The Morgan fingerprint density at radius 2 is 1.91 bits per heavy atom. The third-order valence-corrected chi connectivity index (χ3v) is 5.29. The van der Waals surface area contributed by atoms with E-state index in [2.05, 4.69) is 22.1 Å². The maximum atomic E-state index is 12.6. The summed E-state index contributed by atoms with van der Waals surface area (Å²) in [6, 6.07) is 0. The van der Waals surface area contributed by atoms with Crippen LogP contribution in [0.15, 0.2) is 30.9 Å². The van der Waals surface area contributed by atoms with Crippen LogP contribution < -0.4 is 4.90 Å². The first-order valence-electron chi connectivity index (χ1n) is 8.16. The minimum atomic E-state index is -0.103. The minimum Gasteiger partial charge on any atom is -0.342 e. The SMILES string of the molecule is O=C(C1CC=CC1)N1CCC2(CC(=O)N(c3cncnc3)C2)C1. The lowest BCUT2D eigenvalue weighted by Gasteiger charge is -2.25. The predicted molar refractivity (Wildman–Crippen MR) is 84.5 cm³/mol. The summed E-state index contributed by atoms with van der Waals surface area (Å²) >= 11 is 0. The van der Waals surface area contributed by atoms with Gasteiger partial charge in [0.15, 0.2) is 0 Å². The normalized spacial score (nSPS) is 27.6. The van der Waals surface area contributed by atoms with E-state index in [-0.39, 0.29) is 23.1 Å². The Labute approximate surface area is 135 Å². The second kappa shape index (κ2) is 5.44. The van der Waals surface area contributed by atoms with E-state index in [4.69, 9.17) is 0 Å². The van der Waals surface area contributed by atoms with Crippen LogP contribution in [0.25, 0.3) is 0 Å². The van der Waals surface area contributed by atoms with Crippen LogP contribution in [-0.2, 0) is 9.59 Å². The molecule has 0 bridgehead atoms. The Morgan fingerprint density at radius 3 is 2.65 bits per heavy atom. The van der Waals surface area contributed by atoms with Crippen LogP contribution in [0.3, 0.4) is 0 Å². The molecular formula is C17H20N4O2. The number of carbonyl (C=O) groups excluding carboxylic acids is 2. The lowest BCUT2D eigenvalue weighted by molar-refractivity contribution is -0.134. The maximum Gasteiger partial charge on any atom is 0.227 e. The van der Waals surface area contributed by atoms with Crippen molar-refractivity contribution in [3.05, 3.63) is 30.9 Å². The third-order valence-electron chi connectivity index (χ3n) is 5.29. The fourth-order valence-electron chi connectivity index (χ4n) is 4.04. The van der Waals surface area contributed by atoms with Gasteiger partial charge in [-0.3, -0.25) is 9.59 Å². The van der Waals surface area contributed by atoms with Crippen molar-refractivity contribution in [1.29, 1.82) is 0 Å². The molecule has 2 saturated heterocycles. The van der Waals surface area contributed by atoms with Crippen molar-refractivity contribution in [2.24, 2.45) is 11.3 Å². The number of rotatable bonds is 2. The molecule has 1 aromatic heterocycles. The molecule has 3 aliphatic rings. The second-order valence-corrected chi connectivity index (χ2v) is 6.90. The molecule has 6 nitrogen and oxygen atoms in total. The molecule has 2 amide bonds. The molecule has 2 aliphatic heterocycles. The number of likely N-dealkylation sites (tertiary alicyclic amines) is 1. The zero-order valence-electron chi connectivity index (χ0n) is 13.0. The van der Waals surface area contributed by atoms with Crippen molar-refractivity contribution in [2.45, 2.75) is 25.7 Å². The van der Waals surface area contributed by atoms with Gasteiger partial charge in [-0.2, -0.15) is 0 Å². The molecule has 1 atom stereocenters. The lowest BCUT2D eigenvalue weighted by atomic mass is 9.86. The number of hydrogen-bond donors (Lipinski definition) is 0.